The lowest BCUT2D eigenvalue weighted by molar-refractivity contribution is 0.0221. The number of aromatic amines is 1. The van der Waals surface area contributed by atoms with Crippen LogP contribution in [0.5, 0.6) is 5.75 Å². The summed E-state index contributed by atoms with van der Waals surface area (Å²) in [6, 6.07) is 11.2. The number of halogens is 4. The standard InChI is InChI=1S/C30H37F4N3O3/c1-19-16-23-21-8-5-6-9-25(21)35-27(23)28(37(19)18-26(33)34)22-11-10-20(17-24(22)32)39-15-14-36(13-7-12-31)29(38)40-30(2,3)4/h5-6,8-11,17,19,26,28,35H,7,12-16,18H2,1-4H3/t19-,28-/m1/s1. The summed E-state index contributed by atoms with van der Waals surface area (Å²) in [4.78, 5) is 18.8. The van der Waals surface area contributed by atoms with Gasteiger partial charge in [0.1, 0.15) is 23.8 Å². The molecule has 0 fully saturated rings. The van der Waals surface area contributed by atoms with Crippen LogP contribution in [-0.4, -0.2) is 71.9 Å². The van der Waals surface area contributed by atoms with E-state index in [2.05, 4.69) is 4.98 Å². The molecule has 0 radical (unpaired) electrons. The van der Waals surface area contributed by atoms with Crippen molar-refractivity contribution in [1.29, 1.82) is 0 Å². The Morgan fingerprint density at radius 2 is 1.93 bits per heavy atom. The molecule has 10 heteroatoms. The summed E-state index contributed by atoms with van der Waals surface area (Å²) in [6.45, 7) is 6.37. The fourth-order valence-corrected chi connectivity index (χ4v) is 5.25. The number of amides is 1. The molecule has 40 heavy (non-hydrogen) atoms. The van der Waals surface area contributed by atoms with Gasteiger partial charge in [-0.15, -0.1) is 0 Å². The van der Waals surface area contributed by atoms with Gasteiger partial charge in [-0.1, -0.05) is 24.3 Å². The van der Waals surface area contributed by atoms with Crippen molar-refractivity contribution >= 4 is 17.0 Å². The molecule has 1 amide bonds. The van der Waals surface area contributed by atoms with Crippen molar-refractivity contribution in [3.05, 3.63) is 65.1 Å². The molecule has 0 spiro atoms. The van der Waals surface area contributed by atoms with E-state index in [-0.39, 0.29) is 43.5 Å². The predicted octanol–water partition coefficient (Wildman–Crippen LogP) is 6.88. The number of rotatable bonds is 10. The molecule has 2 aromatic carbocycles. The second kappa shape index (κ2) is 12.5. The molecule has 0 aliphatic carbocycles. The lowest BCUT2D eigenvalue weighted by Crippen LogP contribution is -2.45. The molecule has 3 aromatic rings. The molecular formula is C30H37F4N3O3. The molecule has 2 atom stereocenters. The average molecular weight is 564 g/mol. The third-order valence-electron chi connectivity index (χ3n) is 6.98. The quantitative estimate of drug-likeness (QED) is 0.273. The number of ether oxygens (including phenoxy) is 2. The average Bonchev–Trinajstić information content (AvgIpc) is 3.23. The Balaban J connectivity index is 1.55. The molecule has 0 saturated carbocycles. The van der Waals surface area contributed by atoms with Gasteiger partial charge in [0.2, 0.25) is 0 Å². The number of hydrogen-bond donors (Lipinski definition) is 1. The third-order valence-corrected chi connectivity index (χ3v) is 6.98. The minimum Gasteiger partial charge on any atom is -0.492 e. The van der Waals surface area contributed by atoms with Gasteiger partial charge in [0.25, 0.3) is 6.43 Å². The van der Waals surface area contributed by atoms with E-state index in [9.17, 15) is 18.0 Å². The minimum absolute atomic E-state index is 0.0362. The molecule has 0 bridgehead atoms. The van der Waals surface area contributed by atoms with Crippen molar-refractivity contribution in [3.63, 3.8) is 0 Å². The number of aromatic nitrogens is 1. The minimum atomic E-state index is -2.58. The van der Waals surface area contributed by atoms with Crippen LogP contribution in [0.4, 0.5) is 22.4 Å². The fraction of sp³-hybridized carbons (Fsp3) is 0.500. The van der Waals surface area contributed by atoms with Gasteiger partial charge in [-0.2, -0.15) is 0 Å². The van der Waals surface area contributed by atoms with Gasteiger partial charge < -0.3 is 19.4 Å². The van der Waals surface area contributed by atoms with Crippen molar-refractivity contribution < 1.29 is 31.8 Å². The first-order valence-corrected chi connectivity index (χ1v) is 13.6. The maximum absolute atomic E-state index is 15.7. The zero-order valence-corrected chi connectivity index (χ0v) is 23.4. The molecular weight excluding hydrogens is 526 g/mol. The predicted molar refractivity (Wildman–Crippen MR) is 146 cm³/mol. The van der Waals surface area contributed by atoms with E-state index in [1.54, 1.807) is 37.8 Å². The van der Waals surface area contributed by atoms with Gasteiger partial charge in [-0.3, -0.25) is 9.29 Å². The molecule has 218 valence electrons. The molecule has 6 nitrogen and oxygen atoms in total. The number of nitrogens with one attached hydrogen (secondary N) is 1. The van der Waals surface area contributed by atoms with Gasteiger partial charge in [0, 0.05) is 40.8 Å². The van der Waals surface area contributed by atoms with Crippen LogP contribution in [0, 0.1) is 5.82 Å². The largest absolute Gasteiger partial charge is 0.492 e. The third kappa shape index (κ3) is 6.89. The van der Waals surface area contributed by atoms with E-state index in [1.807, 2.05) is 31.2 Å². The number of para-hydroxylation sites is 1. The van der Waals surface area contributed by atoms with E-state index in [0.717, 1.165) is 16.5 Å². The van der Waals surface area contributed by atoms with E-state index >= 15 is 4.39 Å². The van der Waals surface area contributed by atoms with E-state index < -0.39 is 43.2 Å². The van der Waals surface area contributed by atoms with Crippen molar-refractivity contribution in [2.75, 3.05) is 32.9 Å². The van der Waals surface area contributed by atoms with E-state index in [4.69, 9.17) is 9.47 Å². The number of benzene rings is 2. The van der Waals surface area contributed by atoms with Gasteiger partial charge in [-0.25, -0.2) is 18.0 Å². The van der Waals surface area contributed by atoms with Crippen LogP contribution in [0.1, 0.15) is 57.0 Å². The van der Waals surface area contributed by atoms with Crippen LogP contribution in [0.3, 0.4) is 0 Å². The first kappa shape index (κ1) is 29.7. The SMILES string of the molecule is C[C@@H]1Cc2c([nH]c3ccccc23)[C@@H](c2ccc(OCCN(CCCF)C(=O)OC(C)(C)C)cc2F)N1CC(F)F. The number of carbonyl (C=O) groups is 1. The zero-order chi connectivity index (χ0) is 29.0. The first-order valence-electron chi connectivity index (χ1n) is 13.6. The number of H-pyrrole nitrogens is 1. The van der Waals surface area contributed by atoms with Crippen molar-refractivity contribution in [2.45, 2.75) is 64.6 Å². The molecule has 1 aliphatic rings. The van der Waals surface area contributed by atoms with Crippen molar-refractivity contribution in [1.82, 2.24) is 14.8 Å². The summed E-state index contributed by atoms with van der Waals surface area (Å²) in [5, 5.41) is 1.01. The monoisotopic (exact) mass is 563 g/mol. The van der Waals surface area contributed by atoms with E-state index in [1.165, 1.54) is 11.0 Å². The Morgan fingerprint density at radius 1 is 1.18 bits per heavy atom. The Bertz CT molecular complexity index is 1310. The summed E-state index contributed by atoms with van der Waals surface area (Å²) in [6.07, 6.45) is -2.42. The van der Waals surface area contributed by atoms with Gasteiger partial charge >= 0.3 is 6.09 Å². The first-order chi connectivity index (χ1) is 19.0. The van der Waals surface area contributed by atoms with Crippen LogP contribution in [0.2, 0.25) is 0 Å². The lowest BCUT2D eigenvalue weighted by Gasteiger charge is -2.40. The maximum Gasteiger partial charge on any atom is 0.410 e. The highest BCUT2D eigenvalue weighted by atomic mass is 19.3. The zero-order valence-electron chi connectivity index (χ0n) is 23.4. The smallest absolute Gasteiger partial charge is 0.410 e. The second-order valence-electron chi connectivity index (χ2n) is 11.1. The summed E-state index contributed by atoms with van der Waals surface area (Å²) in [5.74, 6) is -0.348. The number of fused-ring (bicyclic) bond motifs is 3. The summed E-state index contributed by atoms with van der Waals surface area (Å²) < 4.78 is 66.8. The summed E-state index contributed by atoms with van der Waals surface area (Å²) in [7, 11) is 0. The molecule has 0 saturated heterocycles. The number of carbonyl (C=O) groups excluding carboxylic acids is 1. The van der Waals surface area contributed by atoms with Crippen LogP contribution >= 0.6 is 0 Å². The number of nitrogens with zero attached hydrogens (tertiary/aromatic N) is 2. The Labute approximate surface area is 232 Å². The van der Waals surface area contributed by atoms with E-state index in [0.29, 0.717) is 12.1 Å². The Kier molecular flexibility index (Phi) is 9.28. The lowest BCUT2D eigenvalue weighted by atomic mass is 9.88. The molecule has 1 aromatic heterocycles. The second-order valence-corrected chi connectivity index (χ2v) is 11.1. The number of hydrogen-bond acceptors (Lipinski definition) is 4. The highest BCUT2D eigenvalue weighted by molar-refractivity contribution is 5.85. The van der Waals surface area contributed by atoms with Crippen molar-refractivity contribution in [3.8, 4) is 5.75 Å². The Morgan fingerprint density at radius 3 is 2.60 bits per heavy atom. The maximum atomic E-state index is 15.7. The molecule has 1 aliphatic heterocycles. The van der Waals surface area contributed by atoms with Gasteiger partial charge in [-0.05, 0) is 58.2 Å². The summed E-state index contributed by atoms with van der Waals surface area (Å²) in [5.41, 5.74) is 2.17. The molecule has 4 rings (SSSR count). The van der Waals surface area contributed by atoms with Crippen LogP contribution in [0.15, 0.2) is 42.5 Å². The van der Waals surface area contributed by atoms with Gasteiger partial charge in [0.15, 0.2) is 0 Å². The van der Waals surface area contributed by atoms with Crippen LogP contribution < -0.4 is 4.74 Å². The van der Waals surface area contributed by atoms with Crippen LogP contribution in [-0.2, 0) is 11.2 Å². The summed E-state index contributed by atoms with van der Waals surface area (Å²) >= 11 is 0. The molecule has 0 unspecified atom stereocenters. The van der Waals surface area contributed by atoms with Crippen molar-refractivity contribution in [2.24, 2.45) is 0 Å². The Hall–Kier alpha value is -3.27. The topological polar surface area (TPSA) is 57.8 Å². The van der Waals surface area contributed by atoms with Crippen LogP contribution in [0.25, 0.3) is 10.9 Å². The number of alkyl halides is 3. The normalized spacial score (nSPS) is 17.7. The van der Waals surface area contributed by atoms with Gasteiger partial charge in [0.05, 0.1) is 25.8 Å². The molecule has 1 N–H and O–H groups in total. The molecule has 2 heterocycles. The fourth-order valence-electron chi connectivity index (χ4n) is 5.25. The highest BCUT2D eigenvalue weighted by Crippen LogP contribution is 2.42. The highest BCUT2D eigenvalue weighted by Gasteiger charge is 2.38.